The number of esters is 1. The van der Waals surface area contributed by atoms with Crippen molar-refractivity contribution in [1.29, 1.82) is 0 Å². The first kappa shape index (κ1) is 18.9. The molecule has 0 fully saturated rings. The Morgan fingerprint density at radius 2 is 1.93 bits per heavy atom. The molecule has 27 heavy (non-hydrogen) atoms. The molecule has 0 saturated carbocycles. The van der Waals surface area contributed by atoms with E-state index < -0.39 is 5.97 Å². The SMILES string of the molecule is COC(=O)c1ccc(Cl)c(N(CC(=O)N2CCc3ccccc32)C(C)=O)c1. The van der Waals surface area contributed by atoms with Crippen LogP contribution in [0, 0.1) is 0 Å². The summed E-state index contributed by atoms with van der Waals surface area (Å²) in [5.74, 6) is -1.11. The maximum absolute atomic E-state index is 12.9. The van der Waals surface area contributed by atoms with Crippen molar-refractivity contribution in [2.45, 2.75) is 13.3 Å². The molecule has 0 radical (unpaired) electrons. The fourth-order valence-corrected chi connectivity index (χ4v) is 3.37. The van der Waals surface area contributed by atoms with Crippen molar-refractivity contribution in [3.8, 4) is 0 Å². The summed E-state index contributed by atoms with van der Waals surface area (Å²) < 4.78 is 4.71. The van der Waals surface area contributed by atoms with Crippen LogP contribution in [0.15, 0.2) is 42.5 Å². The van der Waals surface area contributed by atoms with Gasteiger partial charge in [-0.05, 0) is 36.2 Å². The number of carbonyl (C=O) groups excluding carboxylic acids is 3. The van der Waals surface area contributed by atoms with Crippen LogP contribution in [0.5, 0.6) is 0 Å². The number of benzene rings is 2. The third kappa shape index (κ3) is 3.80. The Balaban J connectivity index is 1.88. The van der Waals surface area contributed by atoms with E-state index in [9.17, 15) is 14.4 Å². The average molecular weight is 387 g/mol. The van der Waals surface area contributed by atoms with Gasteiger partial charge in [0.15, 0.2) is 0 Å². The molecular weight excluding hydrogens is 368 g/mol. The highest BCUT2D eigenvalue weighted by molar-refractivity contribution is 6.34. The molecular formula is C20H19ClN2O4. The molecule has 2 aromatic rings. The summed E-state index contributed by atoms with van der Waals surface area (Å²) in [5, 5.41) is 0.271. The van der Waals surface area contributed by atoms with Gasteiger partial charge < -0.3 is 14.5 Å². The number of halogens is 1. The van der Waals surface area contributed by atoms with Crippen molar-refractivity contribution < 1.29 is 19.1 Å². The normalized spacial score (nSPS) is 12.5. The molecule has 0 unspecified atom stereocenters. The van der Waals surface area contributed by atoms with E-state index in [-0.39, 0.29) is 28.9 Å². The molecule has 0 aliphatic carbocycles. The standard InChI is InChI=1S/C20H19ClN2O4/c1-13(24)23(18-11-15(20(26)27-2)7-8-16(18)21)12-19(25)22-10-9-14-5-3-4-6-17(14)22/h3-8,11H,9-10,12H2,1-2H3. The first-order valence-corrected chi connectivity index (χ1v) is 8.84. The van der Waals surface area contributed by atoms with E-state index in [1.165, 1.54) is 37.1 Å². The van der Waals surface area contributed by atoms with Crippen LogP contribution in [0.4, 0.5) is 11.4 Å². The molecule has 0 spiro atoms. The van der Waals surface area contributed by atoms with Gasteiger partial charge >= 0.3 is 5.97 Å². The summed E-state index contributed by atoms with van der Waals surface area (Å²) in [6, 6.07) is 12.2. The number of amides is 2. The molecule has 0 bridgehead atoms. The molecule has 0 N–H and O–H groups in total. The van der Waals surface area contributed by atoms with Crippen molar-refractivity contribution in [2.24, 2.45) is 0 Å². The lowest BCUT2D eigenvalue weighted by Gasteiger charge is -2.25. The maximum atomic E-state index is 12.9. The van der Waals surface area contributed by atoms with Gasteiger partial charge in [-0.25, -0.2) is 4.79 Å². The van der Waals surface area contributed by atoms with Crippen molar-refractivity contribution in [3.63, 3.8) is 0 Å². The van der Waals surface area contributed by atoms with Crippen molar-refractivity contribution in [3.05, 3.63) is 58.6 Å². The van der Waals surface area contributed by atoms with Crippen LogP contribution >= 0.6 is 11.6 Å². The Kier molecular flexibility index (Phi) is 5.46. The second kappa shape index (κ2) is 7.80. The number of ether oxygens (including phenoxy) is 1. The monoisotopic (exact) mass is 386 g/mol. The van der Waals surface area contributed by atoms with Crippen molar-refractivity contribution >= 4 is 40.8 Å². The number of rotatable bonds is 4. The Morgan fingerprint density at radius 1 is 1.19 bits per heavy atom. The summed E-state index contributed by atoms with van der Waals surface area (Å²) in [6.07, 6.45) is 0.778. The first-order chi connectivity index (χ1) is 12.9. The lowest BCUT2D eigenvalue weighted by molar-refractivity contribution is -0.121. The van der Waals surface area contributed by atoms with Gasteiger partial charge in [-0.15, -0.1) is 0 Å². The minimum Gasteiger partial charge on any atom is -0.465 e. The number of hydrogen-bond acceptors (Lipinski definition) is 4. The Morgan fingerprint density at radius 3 is 2.63 bits per heavy atom. The van der Waals surface area contributed by atoms with Gasteiger partial charge in [-0.3, -0.25) is 9.59 Å². The van der Waals surface area contributed by atoms with Gasteiger partial charge in [-0.2, -0.15) is 0 Å². The van der Waals surface area contributed by atoms with Crippen LogP contribution < -0.4 is 9.80 Å². The summed E-state index contributed by atoms with van der Waals surface area (Å²) in [6.45, 7) is 1.75. The Hall–Kier alpha value is -2.86. The fraction of sp³-hybridized carbons (Fsp3) is 0.250. The van der Waals surface area contributed by atoms with Gasteiger partial charge in [-0.1, -0.05) is 29.8 Å². The van der Waals surface area contributed by atoms with E-state index in [1.54, 1.807) is 4.90 Å². The number of fused-ring (bicyclic) bond motifs is 1. The number of hydrogen-bond donors (Lipinski definition) is 0. The molecule has 3 rings (SSSR count). The van der Waals surface area contributed by atoms with Gasteiger partial charge in [0, 0.05) is 19.2 Å². The highest BCUT2D eigenvalue weighted by atomic mass is 35.5. The van der Waals surface area contributed by atoms with E-state index in [0.29, 0.717) is 12.2 Å². The number of carbonyl (C=O) groups is 3. The van der Waals surface area contributed by atoms with Crippen LogP contribution in [-0.2, 0) is 20.7 Å². The quantitative estimate of drug-likeness (QED) is 0.757. The zero-order valence-corrected chi connectivity index (χ0v) is 15.8. The lowest BCUT2D eigenvalue weighted by atomic mass is 10.1. The third-order valence-electron chi connectivity index (χ3n) is 4.52. The zero-order valence-electron chi connectivity index (χ0n) is 15.1. The van der Waals surface area contributed by atoms with Crippen molar-refractivity contribution in [2.75, 3.05) is 30.0 Å². The second-order valence-electron chi connectivity index (χ2n) is 6.19. The number of nitrogens with zero attached hydrogens (tertiary/aromatic N) is 2. The van der Waals surface area contributed by atoms with Crippen LogP contribution in [0.25, 0.3) is 0 Å². The molecule has 0 aromatic heterocycles. The Bertz CT molecular complexity index is 913. The topological polar surface area (TPSA) is 66.9 Å². The summed E-state index contributed by atoms with van der Waals surface area (Å²) in [7, 11) is 1.27. The summed E-state index contributed by atoms with van der Waals surface area (Å²) in [5.41, 5.74) is 2.52. The molecule has 2 amide bonds. The molecule has 2 aromatic carbocycles. The van der Waals surface area contributed by atoms with E-state index in [4.69, 9.17) is 16.3 Å². The van der Waals surface area contributed by atoms with E-state index in [0.717, 1.165) is 17.7 Å². The predicted octanol–water partition coefficient (Wildman–Crippen LogP) is 3.07. The van der Waals surface area contributed by atoms with Gasteiger partial charge in [0.25, 0.3) is 0 Å². The van der Waals surface area contributed by atoms with Crippen LogP contribution in [-0.4, -0.2) is 38.0 Å². The molecule has 140 valence electrons. The molecule has 6 nitrogen and oxygen atoms in total. The fourth-order valence-electron chi connectivity index (χ4n) is 3.15. The molecule has 1 aliphatic rings. The average Bonchev–Trinajstić information content (AvgIpc) is 3.10. The third-order valence-corrected chi connectivity index (χ3v) is 4.84. The smallest absolute Gasteiger partial charge is 0.337 e. The first-order valence-electron chi connectivity index (χ1n) is 8.46. The Labute approximate surface area is 162 Å². The molecule has 0 atom stereocenters. The minimum absolute atomic E-state index is 0.173. The number of para-hydroxylation sites is 1. The van der Waals surface area contributed by atoms with Crippen molar-refractivity contribution in [1.82, 2.24) is 0 Å². The highest BCUT2D eigenvalue weighted by Crippen LogP contribution is 2.30. The molecule has 1 aliphatic heterocycles. The van der Waals surface area contributed by atoms with E-state index >= 15 is 0 Å². The van der Waals surface area contributed by atoms with Gasteiger partial charge in [0.2, 0.25) is 11.8 Å². The number of methoxy groups -OCH3 is 1. The van der Waals surface area contributed by atoms with Crippen LogP contribution in [0.3, 0.4) is 0 Å². The zero-order chi connectivity index (χ0) is 19.6. The van der Waals surface area contributed by atoms with E-state index in [2.05, 4.69) is 0 Å². The summed E-state index contributed by atoms with van der Waals surface area (Å²) in [4.78, 5) is 39.8. The highest BCUT2D eigenvalue weighted by Gasteiger charge is 2.28. The van der Waals surface area contributed by atoms with E-state index in [1.807, 2.05) is 24.3 Å². The summed E-state index contributed by atoms with van der Waals surface area (Å²) >= 11 is 6.24. The molecule has 7 heteroatoms. The van der Waals surface area contributed by atoms with Crippen LogP contribution in [0.2, 0.25) is 5.02 Å². The minimum atomic E-state index is -0.545. The lowest BCUT2D eigenvalue weighted by Crippen LogP contribution is -2.42. The second-order valence-corrected chi connectivity index (χ2v) is 6.59. The largest absolute Gasteiger partial charge is 0.465 e. The maximum Gasteiger partial charge on any atom is 0.337 e. The van der Waals surface area contributed by atoms with Crippen LogP contribution in [0.1, 0.15) is 22.8 Å². The molecule has 0 saturated heterocycles. The van der Waals surface area contributed by atoms with Gasteiger partial charge in [0.05, 0.1) is 23.4 Å². The predicted molar refractivity (Wildman–Crippen MR) is 103 cm³/mol. The molecule has 1 heterocycles. The number of anilines is 2. The van der Waals surface area contributed by atoms with Gasteiger partial charge in [0.1, 0.15) is 6.54 Å².